The minimum atomic E-state index is -0.957. The van der Waals surface area contributed by atoms with Crippen molar-refractivity contribution in [1.29, 1.82) is 0 Å². The summed E-state index contributed by atoms with van der Waals surface area (Å²) in [5.41, 5.74) is 0.382. The number of aromatic carboxylic acids is 1. The molecule has 0 bridgehead atoms. The van der Waals surface area contributed by atoms with E-state index in [1.165, 1.54) is 12.1 Å². The van der Waals surface area contributed by atoms with Crippen molar-refractivity contribution >= 4 is 11.9 Å². The van der Waals surface area contributed by atoms with Crippen molar-refractivity contribution in [3.05, 3.63) is 35.4 Å². The summed E-state index contributed by atoms with van der Waals surface area (Å²) >= 11 is 0. The van der Waals surface area contributed by atoms with Crippen LogP contribution in [0.2, 0.25) is 0 Å². The molecule has 108 valence electrons. The van der Waals surface area contributed by atoms with Crippen molar-refractivity contribution in [2.45, 2.75) is 44.2 Å². The maximum atomic E-state index is 11.8. The van der Waals surface area contributed by atoms with Gasteiger partial charge in [-0.05, 0) is 43.9 Å². The molecule has 0 aliphatic heterocycles. The molecule has 0 unspecified atom stereocenters. The van der Waals surface area contributed by atoms with Crippen LogP contribution < -0.4 is 5.32 Å². The zero-order chi connectivity index (χ0) is 14.8. The molecule has 0 radical (unpaired) electrons. The Morgan fingerprint density at radius 2 is 2.00 bits per heavy atom. The van der Waals surface area contributed by atoms with Crippen LogP contribution in [0, 0.1) is 0 Å². The molecule has 0 saturated heterocycles. The number of carbonyl (C=O) groups excluding carboxylic acids is 1. The zero-order valence-electron chi connectivity index (χ0n) is 11.4. The van der Waals surface area contributed by atoms with Gasteiger partial charge in [0.25, 0.3) is 0 Å². The van der Waals surface area contributed by atoms with Crippen molar-refractivity contribution < 1.29 is 19.8 Å². The van der Waals surface area contributed by atoms with Crippen LogP contribution in [0.4, 0.5) is 0 Å². The van der Waals surface area contributed by atoms with Crippen LogP contribution in [-0.2, 0) is 11.2 Å². The Balaban J connectivity index is 1.80. The third-order valence-electron chi connectivity index (χ3n) is 3.87. The van der Waals surface area contributed by atoms with Gasteiger partial charge in [0.05, 0.1) is 17.2 Å². The smallest absolute Gasteiger partial charge is 0.335 e. The van der Waals surface area contributed by atoms with Crippen molar-refractivity contribution in [1.82, 2.24) is 5.32 Å². The second-order valence-corrected chi connectivity index (χ2v) is 5.52. The van der Waals surface area contributed by atoms with Crippen LogP contribution in [0.15, 0.2) is 24.3 Å². The Labute approximate surface area is 117 Å². The fraction of sp³-hybridized carbons (Fsp3) is 0.467. The van der Waals surface area contributed by atoms with Crippen LogP contribution in [0.3, 0.4) is 0 Å². The summed E-state index contributed by atoms with van der Waals surface area (Å²) in [5, 5.41) is 21.4. The largest absolute Gasteiger partial charge is 0.478 e. The minimum Gasteiger partial charge on any atom is -0.478 e. The predicted molar refractivity (Wildman–Crippen MR) is 73.5 cm³/mol. The molecule has 20 heavy (non-hydrogen) atoms. The highest BCUT2D eigenvalue weighted by Crippen LogP contribution is 2.31. The summed E-state index contributed by atoms with van der Waals surface area (Å²) in [6.45, 7) is 1.73. The number of aliphatic hydroxyl groups is 1. The van der Waals surface area contributed by atoms with Crippen LogP contribution in [0.1, 0.15) is 42.1 Å². The number of hydrogen-bond acceptors (Lipinski definition) is 3. The molecule has 2 atom stereocenters. The Hall–Kier alpha value is -1.88. The number of nitrogens with one attached hydrogen (secondary N) is 1. The third kappa shape index (κ3) is 3.36. The Kier molecular flexibility index (Phi) is 4.09. The Morgan fingerprint density at radius 1 is 1.35 bits per heavy atom. The Morgan fingerprint density at radius 3 is 2.45 bits per heavy atom. The summed E-state index contributed by atoms with van der Waals surface area (Å²) < 4.78 is 0. The van der Waals surface area contributed by atoms with E-state index in [-0.39, 0.29) is 17.5 Å². The summed E-state index contributed by atoms with van der Waals surface area (Å²) in [5.74, 6) is -1.04. The molecule has 1 aliphatic rings. The molecule has 2 rings (SSSR count). The van der Waals surface area contributed by atoms with Gasteiger partial charge in [-0.2, -0.15) is 0 Å². The molecular formula is C15H19NO4. The highest BCUT2D eigenvalue weighted by molar-refractivity contribution is 5.87. The van der Waals surface area contributed by atoms with Gasteiger partial charge in [-0.1, -0.05) is 12.1 Å². The van der Waals surface area contributed by atoms with Gasteiger partial charge in [0.15, 0.2) is 0 Å². The van der Waals surface area contributed by atoms with Crippen molar-refractivity contribution in [2.75, 3.05) is 0 Å². The van der Waals surface area contributed by atoms with Gasteiger partial charge >= 0.3 is 5.97 Å². The fourth-order valence-corrected chi connectivity index (χ4v) is 2.27. The molecule has 0 aromatic heterocycles. The third-order valence-corrected chi connectivity index (χ3v) is 3.87. The predicted octanol–water partition coefficient (Wildman–Crippen LogP) is 1.35. The van der Waals surface area contributed by atoms with E-state index in [1.54, 1.807) is 19.1 Å². The number of aryl methyl sites for hydroxylation is 1. The van der Waals surface area contributed by atoms with Crippen LogP contribution in [0.5, 0.6) is 0 Å². The monoisotopic (exact) mass is 277 g/mol. The normalized spacial score (nSPS) is 24.8. The van der Waals surface area contributed by atoms with Crippen molar-refractivity contribution in [2.24, 2.45) is 0 Å². The number of benzene rings is 1. The first-order valence-corrected chi connectivity index (χ1v) is 6.72. The summed E-state index contributed by atoms with van der Waals surface area (Å²) in [7, 11) is 0. The lowest BCUT2D eigenvalue weighted by atomic mass is 9.76. The average molecular weight is 277 g/mol. The molecule has 1 saturated carbocycles. The molecule has 0 heterocycles. The van der Waals surface area contributed by atoms with Gasteiger partial charge in [-0.15, -0.1) is 0 Å². The van der Waals surface area contributed by atoms with Crippen LogP contribution >= 0.6 is 0 Å². The van der Waals surface area contributed by atoms with E-state index in [2.05, 4.69) is 5.32 Å². The number of carboxylic acids is 1. The fourth-order valence-electron chi connectivity index (χ4n) is 2.27. The van der Waals surface area contributed by atoms with Gasteiger partial charge in [0, 0.05) is 6.42 Å². The highest BCUT2D eigenvalue weighted by atomic mass is 16.4. The molecule has 1 amide bonds. The number of carbonyl (C=O) groups is 2. The molecule has 1 aliphatic carbocycles. The second-order valence-electron chi connectivity index (χ2n) is 5.52. The number of hydrogen-bond donors (Lipinski definition) is 3. The van der Waals surface area contributed by atoms with Crippen LogP contribution in [-0.4, -0.2) is 33.7 Å². The molecule has 1 aromatic carbocycles. The topological polar surface area (TPSA) is 86.6 Å². The van der Waals surface area contributed by atoms with Crippen molar-refractivity contribution in [3.8, 4) is 0 Å². The van der Waals surface area contributed by atoms with Gasteiger partial charge in [-0.3, -0.25) is 4.79 Å². The van der Waals surface area contributed by atoms with E-state index in [1.807, 2.05) is 0 Å². The lowest BCUT2D eigenvalue weighted by molar-refractivity contribution is -0.127. The summed E-state index contributed by atoms with van der Waals surface area (Å²) in [6, 6.07) is 6.36. The maximum absolute atomic E-state index is 11.8. The summed E-state index contributed by atoms with van der Waals surface area (Å²) in [6.07, 6.45) is 2.42. The number of rotatable bonds is 5. The van der Waals surface area contributed by atoms with Crippen molar-refractivity contribution in [3.63, 3.8) is 0 Å². The quantitative estimate of drug-likeness (QED) is 0.758. The van der Waals surface area contributed by atoms with Gasteiger partial charge in [0.2, 0.25) is 5.91 Å². The Bertz CT molecular complexity index is 507. The SMILES string of the molecule is C[C@@]1(O)CC[C@H]1NC(=O)CCc1ccc(C(=O)O)cc1. The maximum Gasteiger partial charge on any atom is 0.335 e. The molecule has 1 aromatic rings. The molecular weight excluding hydrogens is 258 g/mol. The number of carboxylic acid groups (broad SMARTS) is 1. The van der Waals surface area contributed by atoms with E-state index < -0.39 is 11.6 Å². The van der Waals surface area contributed by atoms with E-state index in [0.717, 1.165) is 12.0 Å². The average Bonchev–Trinajstić information content (AvgIpc) is 2.42. The van der Waals surface area contributed by atoms with E-state index in [4.69, 9.17) is 5.11 Å². The molecule has 5 heteroatoms. The minimum absolute atomic E-state index is 0.0858. The first-order valence-electron chi connectivity index (χ1n) is 6.72. The molecule has 1 fully saturated rings. The van der Waals surface area contributed by atoms with Gasteiger partial charge in [0.1, 0.15) is 0 Å². The molecule has 0 spiro atoms. The van der Waals surface area contributed by atoms with Gasteiger partial charge in [-0.25, -0.2) is 4.79 Å². The molecule has 5 nitrogen and oxygen atoms in total. The van der Waals surface area contributed by atoms with E-state index >= 15 is 0 Å². The molecule has 3 N–H and O–H groups in total. The lowest BCUT2D eigenvalue weighted by Crippen LogP contribution is -2.58. The van der Waals surface area contributed by atoms with E-state index in [9.17, 15) is 14.7 Å². The second kappa shape index (κ2) is 5.63. The zero-order valence-corrected chi connectivity index (χ0v) is 11.4. The summed E-state index contributed by atoms with van der Waals surface area (Å²) in [4.78, 5) is 22.5. The first-order chi connectivity index (χ1) is 9.38. The standard InChI is InChI=1S/C15H19NO4/c1-15(20)9-8-12(15)16-13(17)7-4-10-2-5-11(6-3-10)14(18)19/h2-3,5-6,12,20H,4,7-9H2,1H3,(H,16,17)(H,18,19)/t12-,15-/m1/s1. The van der Waals surface area contributed by atoms with Crippen LogP contribution in [0.25, 0.3) is 0 Å². The van der Waals surface area contributed by atoms with E-state index in [0.29, 0.717) is 19.3 Å². The first kappa shape index (κ1) is 14.5. The highest BCUT2D eigenvalue weighted by Gasteiger charge is 2.41. The van der Waals surface area contributed by atoms with Gasteiger partial charge < -0.3 is 15.5 Å². The number of amides is 1. The lowest BCUT2D eigenvalue weighted by Gasteiger charge is -2.42.